The van der Waals surface area contributed by atoms with Crippen LogP contribution in [0.4, 0.5) is 10.5 Å². The van der Waals surface area contributed by atoms with E-state index in [0.29, 0.717) is 12.0 Å². The molecule has 23 heavy (non-hydrogen) atoms. The third-order valence-corrected chi connectivity index (χ3v) is 4.97. The van der Waals surface area contributed by atoms with E-state index in [1.165, 1.54) is 18.5 Å². The van der Waals surface area contributed by atoms with E-state index in [-0.39, 0.29) is 6.03 Å². The second-order valence-corrected chi connectivity index (χ2v) is 6.78. The molecule has 1 aliphatic heterocycles. The van der Waals surface area contributed by atoms with Gasteiger partial charge in [-0.2, -0.15) is 0 Å². The Labute approximate surface area is 139 Å². The first-order valence-electron chi connectivity index (χ1n) is 8.90. The number of aryl methyl sites for hydroxylation is 1. The number of pyridine rings is 1. The first-order valence-corrected chi connectivity index (χ1v) is 8.90. The second-order valence-electron chi connectivity index (χ2n) is 6.78. The van der Waals surface area contributed by atoms with Gasteiger partial charge in [0, 0.05) is 49.8 Å². The highest BCUT2D eigenvalue weighted by atomic mass is 16.2. The summed E-state index contributed by atoms with van der Waals surface area (Å²) in [5.74, 6) is 0.715. The summed E-state index contributed by atoms with van der Waals surface area (Å²) in [5, 5.41) is 3.25. The molecule has 0 aromatic carbocycles. The minimum atomic E-state index is 0.122. The van der Waals surface area contributed by atoms with Crippen LogP contribution >= 0.6 is 0 Å². The van der Waals surface area contributed by atoms with Crippen LogP contribution in [0.15, 0.2) is 18.3 Å². The van der Waals surface area contributed by atoms with Gasteiger partial charge in [-0.1, -0.05) is 6.92 Å². The van der Waals surface area contributed by atoms with Crippen LogP contribution in [-0.4, -0.2) is 48.1 Å². The first kappa shape index (κ1) is 16.1. The highest BCUT2D eigenvalue weighted by molar-refractivity contribution is 5.74. The number of hydrogen-bond donors (Lipinski definition) is 1. The number of rotatable bonds is 4. The Morgan fingerprint density at radius 2 is 2.17 bits per heavy atom. The Balaban J connectivity index is 1.56. The molecule has 5 nitrogen and oxygen atoms in total. The zero-order valence-corrected chi connectivity index (χ0v) is 14.3. The molecular formula is C18H28N4O. The summed E-state index contributed by atoms with van der Waals surface area (Å²) in [7, 11) is 0. The van der Waals surface area contributed by atoms with Crippen LogP contribution in [0, 0.1) is 12.8 Å². The topological polar surface area (TPSA) is 48.5 Å². The van der Waals surface area contributed by atoms with Crippen molar-refractivity contribution in [3.05, 3.63) is 24.0 Å². The van der Waals surface area contributed by atoms with Crippen molar-refractivity contribution < 1.29 is 4.79 Å². The summed E-state index contributed by atoms with van der Waals surface area (Å²) in [6.45, 7) is 7.69. The van der Waals surface area contributed by atoms with Crippen LogP contribution in [-0.2, 0) is 0 Å². The number of nitrogens with zero attached hydrogens (tertiary/aromatic N) is 3. The zero-order chi connectivity index (χ0) is 16.2. The van der Waals surface area contributed by atoms with Gasteiger partial charge in [-0.3, -0.25) is 4.98 Å². The Hall–Kier alpha value is -1.78. The fraction of sp³-hybridized carbons (Fsp3) is 0.667. The summed E-state index contributed by atoms with van der Waals surface area (Å²) in [6.07, 6.45) is 6.45. The van der Waals surface area contributed by atoms with Crippen LogP contribution < -0.4 is 10.2 Å². The third kappa shape index (κ3) is 4.15. The molecule has 0 radical (unpaired) electrons. The number of hydrogen-bond acceptors (Lipinski definition) is 3. The van der Waals surface area contributed by atoms with Gasteiger partial charge >= 0.3 is 6.03 Å². The second kappa shape index (κ2) is 7.20. The Morgan fingerprint density at radius 1 is 1.35 bits per heavy atom. The molecule has 1 saturated carbocycles. The number of carbonyl (C=O) groups is 1. The fourth-order valence-corrected chi connectivity index (χ4v) is 3.41. The van der Waals surface area contributed by atoms with E-state index in [1.807, 2.05) is 18.0 Å². The molecule has 2 amide bonds. The van der Waals surface area contributed by atoms with Crippen molar-refractivity contribution in [1.29, 1.82) is 0 Å². The molecule has 0 bridgehead atoms. The lowest BCUT2D eigenvalue weighted by Crippen LogP contribution is -2.46. The van der Waals surface area contributed by atoms with Crippen molar-refractivity contribution in [3.8, 4) is 0 Å². The van der Waals surface area contributed by atoms with Crippen molar-refractivity contribution in [1.82, 2.24) is 15.2 Å². The lowest BCUT2D eigenvalue weighted by Gasteiger charge is -2.26. The normalized spacial score (nSPS) is 20.1. The van der Waals surface area contributed by atoms with E-state index in [4.69, 9.17) is 0 Å². The highest BCUT2D eigenvalue weighted by Crippen LogP contribution is 2.34. The third-order valence-electron chi connectivity index (χ3n) is 4.97. The van der Waals surface area contributed by atoms with Gasteiger partial charge in [0.1, 0.15) is 0 Å². The summed E-state index contributed by atoms with van der Waals surface area (Å²) in [4.78, 5) is 21.1. The van der Waals surface area contributed by atoms with Gasteiger partial charge < -0.3 is 15.1 Å². The summed E-state index contributed by atoms with van der Waals surface area (Å²) in [5.41, 5.74) is 2.25. The molecule has 2 heterocycles. The molecule has 1 atom stereocenters. The summed E-state index contributed by atoms with van der Waals surface area (Å²) < 4.78 is 0. The number of carbonyl (C=O) groups excluding carboxylic acids is 1. The lowest BCUT2D eigenvalue weighted by molar-refractivity contribution is 0.195. The van der Waals surface area contributed by atoms with Crippen LogP contribution in [0.25, 0.3) is 0 Å². The molecule has 1 N–H and O–H groups in total. The molecule has 2 aliphatic rings. The van der Waals surface area contributed by atoms with Gasteiger partial charge in [-0.15, -0.1) is 0 Å². The van der Waals surface area contributed by atoms with E-state index >= 15 is 0 Å². The van der Waals surface area contributed by atoms with E-state index in [2.05, 4.69) is 34.3 Å². The van der Waals surface area contributed by atoms with Crippen molar-refractivity contribution in [2.75, 3.05) is 31.1 Å². The predicted octanol–water partition coefficient (Wildman–Crippen LogP) is 2.80. The molecule has 0 spiro atoms. The average molecular weight is 316 g/mol. The Morgan fingerprint density at radius 3 is 2.87 bits per heavy atom. The molecule has 2 fully saturated rings. The average Bonchev–Trinajstić information content (AvgIpc) is 3.38. The maximum Gasteiger partial charge on any atom is 0.317 e. The SMILES string of the molecule is CC[C@@H](NC(=O)N1CCCN(c2ccnc(C)c2)CC1)C1CC1. The van der Waals surface area contributed by atoms with Crippen molar-refractivity contribution >= 4 is 11.7 Å². The maximum absolute atomic E-state index is 12.5. The minimum absolute atomic E-state index is 0.122. The standard InChI is InChI=1S/C18H28N4O/c1-3-17(15-5-6-15)20-18(23)22-10-4-9-21(11-12-22)16-7-8-19-14(2)13-16/h7-8,13,15,17H,3-6,9-12H2,1-2H3,(H,20,23)/t17-/m1/s1. The quantitative estimate of drug-likeness (QED) is 0.929. The maximum atomic E-state index is 12.5. The van der Waals surface area contributed by atoms with Gasteiger partial charge in [0.2, 0.25) is 0 Å². The van der Waals surface area contributed by atoms with Crippen LogP contribution in [0.2, 0.25) is 0 Å². The summed E-state index contributed by atoms with van der Waals surface area (Å²) >= 11 is 0. The molecule has 1 aliphatic carbocycles. The van der Waals surface area contributed by atoms with E-state index in [1.54, 1.807) is 0 Å². The minimum Gasteiger partial charge on any atom is -0.370 e. The summed E-state index contributed by atoms with van der Waals surface area (Å²) in [6, 6.07) is 4.67. The fourth-order valence-electron chi connectivity index (χ4n) is 3.41. The van der Waals surface area contributed by atoms with Crippen LogP contribution in [0.1, 0.15) is 38.3 Å². The largest absolute Gasteiger partial charge is 0.370 e. The molecule has 0 unspecified atom stereocenters. The van der Waals surface area contributed by atoms with E-state index in [9.17, 15) is 4.79 Å². The predicted molar refractivity (Wildman–Crippen MR) is 92.7 cm³/mol. The Kier molecular flexibility index (Phi) is 5.03. The highest BCUT2D eigenvalue weighted by Gasteiger charge is 2.32. The molecular weight excluding hydrogens is 288 g/mol. The van der Waals surface area contributed by atoms with Gasteiger partial charge in [-0.25, -0.2) is 4.79 Å². The van der Waals surface area contributed by atoms with Crippen molar-refractivity contribution in [3.63, 3.8) is 0 Å². The molecule has 5 heteroatoms. The lowest BCUT2D eigenvalue weighted by atomic mass is 10.1. The number of nitrogens with one attached hydrogen (secondary N) is 1. The van der Waals surface area contributed by atoms with E-state index < -0.39 is 0 Å². The monoisotopic (exact) mass is 316 g/mol. The van der Waals surface area contributed by atoms with Gasteiger partial charge in [-0.05, 0) is 50.7 Å². The smallest absolute Gasteiger partial charge is 0.317 e. The van der Waals surface area contributed by atoms with Crippen LogP contribution in [0.3, 0.4) is 0 Å². The first-order chi connectivity index (χ1) is 11.2. The molecule has 1 aromatic heterocycles. The zero-order valence-electron chi connectivity index (χ0n) is 14.3. The van der Waals surface area contributed by atoms with Gasteiger partial charge in [0.15, 0.2) is 0 Å². The van der Waals surface area contributed by atoms with Gasteiger partial charge in [0.05, 0.1) is 0 Å². The Bertz CT molecular complexity index is 544. The number of amides is 2. The molecule has 1 aromatic rings. The van der Waals surface area contributed by atoms with Crippen molar-refractivity contribution in [2.24, 2.45) is 5.92 Å². The number of aromatic nitrogens is 1. The number of anilines is 1. The van der Waals surface area contributed by atoms with Crippen molar-refractivity contribution in [2.45, 2.75) is 45.6 Å². The molecule has 3 rings (SSSR count). The number of urea groups is 1. The van der Waals surface area contributed by atoms with Gasteiger partial charge in [0.25, 0.3) is 0 Å². The molecule has 1 saturated heterocycles. The van der Waals surface area contributed by atoms with E-state index in [0.717, 1.165) is 44.7 Å². The van der Waals surface area contributed by atoms with Crippen LogP contribution in [0.5, 0.6) is 0 Å². The molecule has 126 valence electrons.